The van der Waals surface area contributed by atoms with Crippen LogP contribution >= 0.6 is 0 Å². The van der Waals surface area contributed by atoms with Gasteiger partial charge in [-0.2, -0.15) is 5.10 Å². The Kier molecular flexibility index (Phi) is 5.08. The monoisotopic (exact) mass is 456 g/mol. The Bertz CT molecular complexity index is 1420. The molecule has 0 fully saturated rings. The first-order valence-electron chi connectivity index (χ1n) is 12.2. The summed E-state index contributed by atoms with van der Waals surface area (Å²) in [5, 5.41) is 6.14. The van der Waals surface area contributed by atoms with Crippen LogP contribution in [0.4, 0.5) is 4.39 Å². The Morgan fingerprint density at radius 1 is 1.00 bits per heavy atom. The Balaban J connectivity index is 1.97. The molecule has 2 aromatic heterocycles. The quantitative estimate of drug-likeness (QED) is 0.342. The summed E-state index contributed by atoms with van der Waals surface area (Å²) in [5.74, 6) is -0.250. The maximum absolute atomic E-state index is 14.7. The van der Waals surface area contributed by atoms with Crippen LogP contribution in [0.15, 0.2) is 47.6 Å². The zero-order valence-electron chi connectivity index (χ0n) is 21.2. The lowest BCUT2D eigenvalue weighted by Crippen LogP contribution is -2.21. The fourth-order valence-corrected chi connectivity index (χ4v) is 5.23. The number of benzene rings is 2. The van der Waals surface area contributed by atoms with Crippen LogP contribution in [0.2, 0.25) is 0 Å². The minimum absolute atomic E-state index is 0.166. The molecule has 3 heterocycles. The van der Waals surface area contributed by atoms with Crippen molar-refractivity contribution >= 4 is 16.6 Å². The smallest absolute Gasteiger partial charge is 0.147 e. The number of halogens is 1. The maximum atomic E-state index is 14.7. The number of aryl methyl sites for hydroxylation is 2. The average Bonchev–Trinajstić information content (AvgIpc) is 3.48. The summed E-state index contributed by atoms with van der Waals surface area (Å²) in [7, 11) is 0. The summed E-state index contributed by atoms with van der Waals surface area (Å²) in [6.07, 6.45) is 3.61. The number of aromatic amines is 1. The topological polar surface area (TPSA) is 46.0 Å². The number of nitrogens with zero attached hydrogens (tertiary/aromatic N) is 3. The van der Waals surface area contributed by atoms with Crippen molar-refractivity contribution in [1.82, 2.24) is 14.8 Å². The van der Waals surface area contributed by atoms with E-state index in [0.29, 0.717) is 5.52 Å². The third kappa shape index (κ3) is 3.24. The van der Waals surface area contributed by atoms with Gasteiger partial charge in [0.05, 0.1) is 33.8 Å². The van der Waals surface area contributed by atoms with Crippen LogP contribution in [-0.4, -0.2) is 20.5 Å². The van der Waals surface area contributed by atoms with E-state index in [9.17, 15) is 4.39 Å². The van der Waals surface area contributed by atoms with Crippen LogP contribution in [0.3, 0.4) is 0 Å². The summed E-state index contributed by atoms with van der Waals surface area (Å²) in [6.45, 7) is 15.2. The lowest BCUT2D eigenvalue weighted by molar-refractivity contribution is 0.528. The van der Waals surface area contributed by atoms with Gasteiger partial charge in [0, 0.05) is 28.1 Å². The molecule has 34 heavy (non-hydrogen) atoms. The van der Waals surface area contributed by atoms with Crippen molar-refractivity contribution in [3.05, 3.63) is 70.8 Å². The predicted octanol–water partition coefficient (Wildman–Crippen LogP) is 7.37. The highest BCUT2D eigenvalue weighted by molar-refractivity contribution is 6.13. The summed E-state index contributed by atoms with van der Waals surface area (Å²) in [6, 6.07) is 11.9. The van der Waals surface area contributed by atoms with E-state index < -0.39 is 5.54 Å². The first-order valence-corrected chi connectivity index (χ1v) is 12.2. The number of hydrogen-bond acceptors (Lipinski definition) is 2. The fourth-order valence-electron chi connectivity index (χ4n) is 5.23. The fraction of sp³-hybridized carbons (Fsp3) is 0.379. The number of rotatable bonds is 4. The van der Waals surface area contributed by atoms with Gasteiger partial charge in [-0.25, -0.2) is 9.07 Å². The molecular formula is C29H33FN4. The van der Waals surface area contributed by atoms with Gasteiger partial charge >= 0.3 is 0 Å². The molecule has 1 aliphatic heterocycles. The number of aromatic nitrogens is 3. The molecule has 0 saturated heterocycles. The van der Waals surface area contributed by atoms with Gasteiger partial charge < -0.3 is 4.98 Å². The van der Waals surface area contributed by atoms with E-state index in [2.05, 4.69) is 76.3 Å². The van der Waals surface area contributed by atoms with E-state index in [1.165, 1.54) is 11.1 Å². The van der Waals surface area contributed by atoms with Crippen LogP contribution in [0.25, 0.3) is 27.8 Å². The van der Waals surface area contributed by atoms with Gasteiger partial charge in [-0.3, -0.25) is 4.99 Å². The molecule has 0 aliphatic carbocycles. The Morgan fingerprint density at radius 2 is 1.68 bits per heavy atom. The normalized spacial score (nSPS) is 15.1. The van der Waals surface area contributed by atoms with Crippen LogP contribution < -0.4 is 0 Å². The highest BCUT2D eigenvalue weighted by atomic mass is 19.1. The highest BCUT2D eigenvalue weighted by Crippen LogP contribution is 2.46. The Hall–Kier alpha value is -3.21. The second-order valence-corrected chi connectivity index (χ2v) is 10.7. The summed E-state index contributed by atoms with van der Waals surface area (Å²) < 4.78 is 16.8. The molecule has 176 valence electrons. The molecule has 0 amide bonds. The van der Waals surface area contributed by atoms with E-state index in [-0.39, 0.29) is 11.2 Å². The number of H-pyrrole nitrogens is 1. The Labute approximate surface area is 200 Å². The third-order valence-corrected chi connectivity index (χ3v) is 6.91. The van der Waals surface area contributed by atoms with Gasteiger partial charge in [0.25, 0.3) is 0 Å². The van der Waals surface area contributed by atoms with Crippen molar-refractivity contribution in [2.24, 2.45) is 10.4 Å². The summed E-state index contributed by atoms with van der Waals surface area (Å²) in [5.41, 5.74) is 8.62. The molecule has 0 spiro atoms. The molecule has 0 unspecified atom stereocenters. The molecule has 2 aromatic carbocycles. The van der Waals surface area contributed by atoms with Crippen molar-refractivity contribution in [2.75, 3.05) is 0 Å². The molecule has 1 N–H and O–H groups in total. The van der Waals surface area contributed by atoms with Crippen molar-refractivity contribution < 1.29 is 4.39 Å². The van der Waals surface area contributed by atoms with Crippen LogP contribution in [0, 0.1) is 11.2 Å². The van der Waals surface area contributed by atoms with Crippen LogP contribution in [-0.2, 0) is 18.4 Å². The lowest BCUT2D eigenvalue weighted by Gasteiger charge is -2.23. The van der Waals surface area contributed by atoms with Crippen molar-refractivity contribution in [3.8, 4) is 16.9 Å². The molecule has 0 radical (unpaired) electrons. The van der Waals surface area contributed by atoms with E-state index in [0.717, 1.165) is 52.1 Å². The molecule has 5 heteroatoms. The van der Waals surface area contributed by atoms with Crippen molar-refractivity contribution in [3.63, 3.8) is 0 Å². The predicted molar refractivity (Wildman–Crippen MR) is 139 cm³/mol. The van der Waals surface area contributed by atoms with E-state index in [1.807, 2.05) is 12.1 Å². The number of fused-ring (bicyclic) bond motifs is 2. The molecule has 5 rings (SSSR count). The highest BCUT2D eigenvalue weighted by Gasteiger charge is 2.43. The van der Waals surface area contributed by atoms with E-state index in [1.54, 1.807) is 12.3 Å². The first kappa shape index (κ1) is 22.6. The van der Waals surface area contributed by atoms with Crippen molar-refractivity contribution in [2.45, 2.75) is 66.8 Å². The largest absolute Gasteiger partial charge is 0.359 e. The van der Waals surface area contributed by atoms with Gasteiger partial charge in [-0.1, -0.05) is 52.8 Å². The van der Waals surface area contributed by atoms with Crippen molar-refractivity contribution in [1.29, 1.82) is 0 Å². The van der Waals surface area contributed by atoms with Gasteiger partial charge in [-0.15, -0.1) is 0 Å². The van der Waals surface area contributed by atoms with E-state index >= 15 is 0 Å². The molecule has 0 saturated carbocycles. The molecule has 4 nitrogen and oxygen atoms in total. The molecule has 0 bridgehead atoms. The third-order valence-electron chi connectivity index (χ3n) is 6.91. The number of para-hydroxylation sites is 1. The minimum Gasteiger partial charge on any atom is -0.359 e. The van der Waals surface area contributed by atoms with Crippen LogP contribution in [0.1, 0.15) is 70.9 Å². The number of aliphatic imine (C=N–C) groups is 1. The zero-order chi connectivity index (χ0) is 24.4. The standard InChI is InChI=1S/C29H33FN4/c1-8-17-11-10-12-18(9-2)24(17)34-25(20-13-14-21(30)23-19(20)15-16-31-23)22-26(28(3,4)5)32-29(6,7)27(22)33-34/h10-16,31H,8-9H2,1-7H3. The zero-order valence-corrected chi connectivity index (χ0v) is 21.2. The van der Waals surface area contributed by atoms with Gasteiger partial charge in [-0.05, 0) is 56.0 Å². The summed E-state index contributed by atoms with van der Waals surface area (Å²) in [4.78, 5) is 8.26. The number of nitrogens with one attached hydrogen (secondary N) is 1. The molecule has 1 aliphatic rings. The minimum atomic E-state index is -0.442. The van der Waals surface area contributed by atoms with Gasteiger partial charge in [0.1, 0.15) is 5.82 Å². The van der Waals surface area contributed by atoms with Gasteiger partial charge in [0.2, 0.25) is 0 Å². The first-order chi connectivity index (χ1) is 16.1. The molecular weight excluding hydrogens is 423 g/mol. The second kappa shape index (κ2) is 7.66. The second-order valence-electron chi connectivity index (χ2n) is 10.7. The van der Waals surface area contributed by atoms with Gasteiger partial charge in [0.15, 0.2) is 0 Å². The molecule has 4 aromatic rings. The van der Waals surface area contributed by atoms with Crippen LogP contribution in [0.5, 0.6) is 0 Å². The number of hydrogen-bond donors (Lipinski definition) is 1. The summed E-state index contributed by atoms with van der Waals surface area (Å²) >= 11 is 0. The maximum Gasteiger partial charge on any atom is 0.147 e. The SMILES string of the molecule is CCc1cccc(CC)c1-n1nc2c(c1-c1ccc(F)c3[nH]ccc13)C(C(C)(C)C)=NC2(C)C. The average molecular weight is 457 g/mol. The molecule has 0 atom stereocenters. The van der Waals surface area contributed by atoms with E-state index in [4.69, 9.17) is 10.1 Å². The lowest BCUT2D eigenvalue weighted by atomic mass is 9.84. The Morgan fingerprint density at radius 3 is 2.29 bits per heavy atom.